The molecule has 0 spiro atoms. The van der Waals surface area contributed by atoms with Crippen molar-refractivity contribution < 1.29 is 28.5 Å². The van der Waals surface area contributed by atoms with Gasteiger partial charge in [0.1, 0.15) is 22.9 Å². The summed E-state index contributed by atoms with van der Waals surface area (Å²) in [6, 6.07) is 21.4. The highest BCUT2D eigenvalue weighted by molar-refractivity contribution is 5.77. The van der Waals surface area contributed by atoms with E-state index in [1.165, 1.54) is 5.56 Å². The average molecular weight is 516 g/mol. The van der Waals surface area contributed by atoms with Crippen LogP contribution in [0.2, 0.25) is 0 Å². The number of ether oxygens (including phenoxy) is 3. The first-order valence-corrected chi connectivity index (χ1v) is 12.8. The van der Waals surface area contributed by atoms with Gasteiger partial charge < -0.3 is 23.7 Å². The van der Waals surface area contributed by atoms with Gasteiger partial charge in [0, 0.05) is 11.1 Å². The molecule has 38 heavy (non-hydrogen) atoms. The lowest BCUT2D eigenvalue weighted by atomic mass is 10.0. The monoisotopic (exact) mass is 515 g/mol. The zero-order valence-corrected chi connectivity index (χ0v) is 22.2. The third kappa shape index (κ3) is 6.94. The Morgan fingerprint density at radius 1 is 0.947 bits per heavy atom. The second-order valence-corrected chi connectivity index (χ2v) is 9.32. The molecular weight excluding hydrogens is 482 g/mol. The number of oxazole rings is 1. The zero-order valence-electron chi connectivity index (χ0n) is 22.2. The van der Waals surface area contributed by atoms with Crippen molar-refractivity contribution in [1.29, 1.82) is 0 Å². The van der Waals surface area contributed by atoms with Crippen LogP contribution in [-0.2, 0) is 17.8 Å². The topological polar surface area (TPSA) is 91.0 Å². The van der Waals surface area contributed by atoms with Gasteiger partial charge in [0.15, 0.2) is 19.0 Å². The molecule has 4 rings (SSSR count). The van der Waals surface area contributed by atoms with Crippen LogP contribution in [0.15, 0.2) is 71.1 Å². The Labute approximate surface area is 223 Å². The van der Waals surface area contributed by atoms with Crippen molar-refractivity contribution in [3.63, 3.8) is 0 Å². The van der Waals surface area contributed by atoms with Crippen molar-refractivity contribution in [1.82, 2.24) is 4.98 Å². The summed E-state index contributed by atoms with van der Waals surface area (Å²) in [5.74, 6) is 1.99. The van der Waals surface area contributed by atoms with Gasteiger partial charge in [-0.2, -0.15) is 0 Å². The number of aryl methyl sites for hydroxylation is 2. The van der Waals surface area contributed by atoms with Crippen LogP contribution in [0.5, 0.6) is 17.2 Å². The van der Waals surface area contributed by atoms with E-state index >= 15 is 0 Å². The molecular formula is C31H33NO6. The van der Waals surface area contributed by atoms with Crippen LogP contribution in [0.4, 0.5) is 0 Å². The molecule has 3 aromatic carbocycles. The number of aromatic nitrogens is 1. The van der Waals surface area contributed by atoms with Gasteiger partial charge in [-0.15, -0.1) is 0 Å². The lowest BCUT2D eigenvalue weighted by Gasteiger charge is -2.10. The van der Waals surface area contributed by atoms with E-state index in [1.807, 2.05) is 45.0 Å². The largest absolute Gasteiger partial charge is 0.491 e. The Morgan fingerprint density at radius 3 is 2.26 bits per heavy atom. The number of aliphatic carboxylic acids is 1. The maximum absolute atomic E-state index is 10.8. The third-order valence-electron chi connectivity index (χ3n) is 5.79. The van der Waals surface area contributed by atoms with Crippen molar-refractivity contribution in [2.24, 2.45) is 0 Å². The third-order valence-corrected chi connectivity index (χ3v) is 5.79. The van der Waals surface area contributed by atoms with Crippen molar-refractivity contribution in [2.45, 2.75) is 53.2 Å². The van der Waals surface area contributed by atoms with E-state index in [1.54, 1.807) is 18.2 Å². The first-order valence-electron chi connectivity index (χ1n) is 12.8. The van der Waals surface area contributed by atoms with E-state index < -0.39 is 12.6 Å². The molecule has 0 atom stereocenters. The minimum atomic E-state index is -1.03. The molecule has 0 fully saturated rings. The van der Waals surface area contributed by atoms with Gasteiger partial charge in [-0.3, -0.25) is 0 Å². The van der Waals surface area contributed by atoms with Gasteiger partial charge in [-0.25, -0.2) is 9.78 Å². The normalized spacial score (nSPS) is 11.0. The Balaban J connectivity index is 1.58. The number of hydrogen-bond acceptors (Lipinski definition) is 6. The average Bonchev–Trinajstić information content (AvgIpc) is 3.32. The number of carboxylic acids is 1. The quantitative estimate of drug-likeness (QED) is 0.215. The summed E-state index contributed by atoms with van der Waals surface area (Å²) in [7, 11) is 0. The highest BCUT2D eigenvalue weighted by Crippen LogP contribution is 2.34. The Hall–Kier alpha value is -4.26. The number of carbonyl (C=O) groups is 1. The molecule has 0 unspecified atom stereocenters. The summed E-state index contributed by atoms with van der Waals surface area (Å²) in [5.41, 5.74) is 4.64. The van der Waals surface area contributed by atoms with E-state index in [-0.39, 0.29) is 12.7 Å². The van der Waals surface area contributed by atoms with Crippen molar-refractivity contribution in [3.8, 4) is 39.8 Å². The molecule has 0 amide bonds. The van der Waals surface area contributed by atoms with Crippen LogP contribution in [-0.4, -0.2) is 28.8 Å². The number of hydrogen-bond donors (Lipinski definition) is 1. The predicted molar refractivity (Wildman–Crippen MR) is 146 cm³/mol. The highest BCUT2D eigenvalue weighted by atomic mass is 16.5. The summed E-state index contributed by atoms with van der Waals surface area (Å²) < 4.78 is 23.3. The van der Waals surface area contributed by atoms with Crippen LogP contribution in [0, 0.1) is 6.92 Å². The molecule has 1 N–H and O–H groups in total. The predicted octanol–water partition coefficient (Wildman–Crippen LogP) is 7.10. The molecule has 0 saturated heterocycles. The Kier molecular flexibility index (Phi) is 8.69. The van der Waals surface area contributed by atoms with E-state index in [0.717, 1.165) is 41.0 Å². The fourth-order valence-electron chi connectivity index (χ4n) is 4.05. The van der Waals surface area contributed by atoms with E-state index in [0.29, 0.717) is 23.1 Å². The van der Waals surface area contributed by atoms with Crippen molar-refractivity contribution in [3.05, 3.63) is 83.7 Å². The summed E-state index contributed by atoms with van der Waals surface area (Å²) in [6.45, 7) is 7.73. The lowest BCUT2D eigenvalue weighted by molar-refractivity contribution is -0.139. The summed E-state index contributed by atoms with van der Waals surface area (Å²) in [5, 5.41) is 8.83. The van der Waals surface area contributed by atoms with Gasteiger partial charge in [-0.05, 0) is 80.8 Å². The molecule has 0 radical (unpaired) electrons. The SMILES string of the molecule is CCCc1ccc(-c2oc(COc3ccc(OCC(=O)O)c(C)c3)nc2-c2ccc(OC(C)C)cc2)cc1. The molecule has 0 saturated carbocycles. The minimum Gasteiger partial charge on any atom is -0.491 e. The number of carboxylic acid groups (broad SMARTS) is 1. The maximum atomic E-state index is 10.8. The molecule has 0 aliphatic carbocycles. The van der Waals surface area contributed by atoms with E-state index in [4.69, 9.17) is 28.7 Å². The Morgan fingerprint density at radius 2 is 1.63 bits per heavy atom. The molecule has 0 bridgehead atoms. The Bertz CT molecular complexity index is 1360. The van der Waals surface area contributed by atoms with Crippen LogP contribution in [0.25, 0.3) is 22.6 Å². The first kappa shape index (κ1) is 26.8. The number of benzene rings is 3. The second-order valence-electron chi connectivity index (χ2n) is 9.32. The van der Waals surface area contributed by atoms with Gasteiger partial charge in [0.25, 0.3) is 0 Å². The lowest BCUT2D eigenvalue weighted by Crippen LogP contribution is -2.10. The van der Waals surface area contributed by atoms with E-state index in [2.05, 4.69) is 31.2 Å². The van der Waals surface area contributed by atoms with Crippen molar-refractivity contribution in [2.75, 3.05) is 6.61 Å². The van der Waals surface area contributed by atoms with Crippen LogP contribution in [0.3, 0.4) is 0 Å². The maximum Gasteiger partial charge on any atom is 0.341 e. The molecule has 198 valence electrons. The molecule has 7 nitrogen and oxygen atoms in total. The summed E-state index contributed by atoms with van der Waals surface area (Å²) in [4.78, 5) is 15.6. The molecule has 7 heteroatoms. The van der Waals surface area contributed by atoms with Gasteiger partial charge in [0.2, 0.25) is 5.89 Å². The number of nitrogens with zero attached hydrogens (tertiary/aromatic N) is 1. The molecule has 4 aromatic rings. The minimum absolute atomic E-state index is 0.0929. The van der Waals surface area contributed by atoms with E-state index in [9.17, 15) is 4.79 Å². The second kappa shape index (κ2) is 12.3. The van der Waals surface area contributed by atoms with Gasteiger partial charge in [-0.1, -0.05) is 37.6 Å². The first-order chi connectivity index (χ1) is 18.3. The molecule has 0 aliphatic rings. The van der Waals surface area contributed by atoms with Gasteiger partial charge in [0.05, 0.1) is 6.10 Å². The highest BCUT2D eigenvalue weighted by Gasteiger charge is 2.18. The standard InChI is InChI=1S/C31H33NO6/c1-5-6-22-7-9-24(10-8-22)31-30(23-11-13-25(14-12-23)37-20(2)3)32-28(38-31)18-35-26-15-16-27(21(4)17-26)36-19-29(33)34/h7-17,20H,5-6,18-19H2,1-4H3,(H,33,34). The smallest absolute Gasteiger partial charge is 0.341 e. The summed E-state index contributed by atoms with van der Waals surface area (Å²) >= 11 is 0. The zero-order chi connectivity index (χ0) is 27.1. The fraction of sp³-hybridized carbons (Fsp3) is 0.290. The molecule has 1 heterocycles. The van der Waals surface area contributed by atoms with Crippen LogP contribution in [0.1, 0.15) is 44.2 Å². The molecule has 0 aliphatic heterocycles. The van der Waals surface area contributed by atoms with Crippen molar-refractivity contribution >= 4 is 5.97 Å². The molecule has 1 aromatic heterocycles. The van der Waals surface area contributed by atoms with Crippen LogP contribution < -0.4 is 14.2 Å². The summed E-state index contributed by atoms with van der Waals surface area (Å²) in [6.07, 6.45) is 2.21. The number of rotatable bonds is 12. The van der Waals surface area contributed by atoms with Gasteiger partial charge >= 0.3 is 5.97 Å². The van der Waals surface area contributed by atoms with Crippen LogP contribution >= 0.6 is 0 Å². The fourth-order valence-corrected chi connectivity index (χ4v) is 4.05.